The van der Waals surface area contributed by atoms with Crippen molar-refractivity contribution in [3.63, 3.8) is 0 Å². The van der Waals surface area contributed by atoms with E-state index in [0.29, 0.717) is 28.3 Å². The van der Waals surface area contributed by atoms with Gasteiger partial charge in [-0.2, -0.15) is 0 Å². The minimum atomic E-state index is -0.0506. The Morgan fingerprint density at radius 1 is 1.22 bits per heavy atom. The lowest BCUT2D eigenvalue weighted by Gasteiger charge is -2.03. The summed E-state index contributed by atoms with van der Waals surface area (Å²) >= 11 is 3.28. The first-order valence-corrected chi connectivity index (χ1v) is 7.69. The Labute approximate surface area is 141 Å². The largest absolute Gasteiger partial charge is 0.354 e. The molecule has 0 saturated heterocycles. The molecule has 3 aromatic rings. The van der Waals surface area contributed by atoms with Crippen LogP contribution in [-0.4, -0.2) is 21.0 Å². The molecule has 0 radical (unpaired) electrons. The number of hydrogen-bond donors (Lipinski definition) is 1. The molecule has 23 heavy (non-hydrogen) atoms. The fraction of sp³-hybridized carbons (Fsp3) is 0.125. The number of hydrogen-bond acceptors (Lipinski definition) is 5. The third-order valence-electron chi connectivity index (χ3n) is 3.16. The van der Waals surface area contributed by atoms with Gasteiger partial charge in [0.1, 0.15) is 16.0 Å². The van der Waals surface area contributed by atoms with Gasteiger partial charge in [-0.3, -0.25) is 9.78 Å². The van der Waals surface area contributed by atoms with Gasteiger partial charge in [0.2, 0.25) is 5.91 Å². The molecule has 0 saturated carbocycles. The molecule has 116 valence electrons. The van der Waals surface area contributed by atoms with E-state index in [-0.39, 0.29) is 5.91 Å². The van der Waals surface area contributed by atoms with E-state index in [4.69, 9.17) is 4.52 Å². The van der Waals surface area contributed by atoms with E-state index >= 15 is 0 Å². The summed E-state index contributed by atoms with van der Waals surface area (Å²) in [6.45, 7) is 2.00. The number of carbonyl (C=O) groups excluding carboxylic acids is 1. The van der Waals surface area contributed by atoms with Crippen LogP contribution in [0.15, 0.2) is 51.9 Å². The summed E-state index contributed by atoms with van der Waals surface area (Å²) in [5.74, 6) is 0.501. The van der Waals surface area contributed by atoms with Crippen molar-refractivity contribution < 1.29 is 9.32 Å². The topological polar surface area (TPSA) is 80.9 Å². The standard InChI is InChI=1S/C16H13BrN4O2/c1-10(22)19-7-11-2-4-12(5-3-11)13-6-15(23-21-13)14-8-18-9-16(17)20-14/h2-6,8-9H,7H2,1H3,(H,19,22). The first-order valence-electron chi connectivity index (χ1n) is 6.90. The lowest BCUT2D eigenvalue weighted by atomic mass is 10.1. The lowest BCUT2D eigenvalue weighted by molar-refractivity contribution is -0.119. The highest BCUT2D eigenvalue weighted by atomic mass is 79.9. The third kappa shape index (κ3) is 3.81. The van der Waals surface area contributed by atoms with Crippen LogP contribution in [0.3, 0.4) is 0 Å². The second kappa shape index (κ2) is 6.70. The van der Waals surface area contributed by atoms with Crippen molar-refractivity contribution in [1.29, 1.82) is 0 Å². The zero-order valence-electron chi connectivity index (χ0n) is 12.3. The minimum Gasteiger partial charge on any atom is -0.354 e. The number of rotatable bonds is 4. The summed E-state index contributed by atoms with van der Waals surface area (Å²) in [4.78, 5) is 19.3. The average molecular weight is 373 g/mol. The number of nitrogens with zero attached hydrogens (tertiary/aromatic N) is 3. The van der Waals surface area contributed by atoms with Crippen molar-refractivity contribution in [3.8, 4) is 22.7 Å². The third-order valence-corrected chi connectivity index (χ3v) is 3.54. The van der Waals surface area contributed by atoms with Crippen LogP contribution in [0.4, 0.5) is 0 Å². The Kier molecular flexibility index (Phi) is 4.47. The van der Waals surface area contributed by atoms with Gasteiger partial charge in [-0.1, -0.05) is 29.4 Å². The van der Waals surface area contributed by atoms with Crippen LogP contribution in [0.25, 0.3) is 22.7 Å². The van der Waals surface area contributed by atoms with E-state index < -0.39 is 0 Å². The van der Waals surface area contributed by atoms with E-state index in [0.717, 1.165) is 11.1 Å². The van der Waals surface area contributed by atoms with Crippen molar-refractivity contribution in [3.05, 3.63) is 52.9 Å². The number of benzene rings is 1. The minimum absolute atomic E-state index is 0.0506. The van der Waals surface area contributed by atoms with Crippen molar-refractivity contribution in [2.24, 2.45) is 0 Å². The molecule has 0 spiro atoms. The molecule has 1 amide bonds. The van der Waals surface area contributed by atoms with Crippen LogP contribution in [0.5, 0.6) is 0 Å². The van der Waals surface area contributed by atoms with Crippen molar-refractivity contribution in [2.75, 3.05) is 0 Å². The molecule has 1 N–H and O–H groups in total. The molecule has 2 heterocycles. The summed E-state index contributed by atoms with van der Waals surface area (Å²) < 4.78 is 5.97. The van der Waals surface area contributed by atoms with Gasteiger partial charge in [-0.15, -0.1) is 0 Å². The van der Waals surface area contributed by atoms with Gasteiger partial charge in [0.15, 0.2) is 5.76 Å². The molecule has 0 aliphatic carbocycles. The Hall–Kier alpha value is -2.54. The summed E-state index contributed by atoms with van der Waals surface area (Å²) in [6, 6.07) is 9.58. The van der Waals surface area contributed by atoms with E-state index in [1.165, 1.54) is 6.92 Å². The number of carbonyl (C=O) groups is 1. The molecule has 0 unspecified atom stereocenters. The molecule has 0 aliphatic rings. The predicted octanol–water partition coefficient (Wildman–Crippen LogP) is 3.20. The summed E-state index contributed by atoms with van der Waals surface area (Å²) in [5, 5.41) is 6.83. The van der Waals surface area contributed by atoms with E-state index in [2.05, 4.69) is 36.4 Å². The van der Waals surface area contributed by atoms with E-state index in [9.17, 15) is 4.79 Å². The Bertz CT molecular complexity index is 830. The molecule has 0 bridgehead atoms. The van der Waals surface area contributed by atoms with Gasteiger partial charge in [0.05, 0.1) is 12.4 Å². The first-order chi connectivity index (χ1) is 11.1. The zero-order chi connectivity index (χ0) is 16.2. The van der Waals surface area contributed by atoms with Crippen LogP contribution < -0.4 is 5.32 Å². The number of aromatic nitrogens is 3. The molecule has 7 heteroatoms. The summed E-state index contributed by atoms with van der Waals surface area (Å²) in [5.41, 5.74) is 3.27. The van der Waals surface area contributed by atoms with Gasteiger partial charge >= 0.3 is 0 Å². The van der Waals surface area contributed by atoms with E-state index in [1.54, 1.807) is 12.4 Å². The molecule has 0 atom stereocenters. The van der Waals surface area contributed by atoms with Crippen molar-refractivity contribution in [2.45, 2.75) is 13.5 Å². The van der Waals surface area contributed by atoms with Crippen molar-refractivity contribution >= 4 is 21.8 Å². The highest BCUT2D eigenvalue weighted by Gasteiger charge is 2.10. The molecule has 0 fully saturated rings. The normalized spacial score (nSPS) is 10.5. The van der Waals surface area contributed by atoms with Gasteiger partial charge in [0.25, 0.3) is 0 Å². The maximum atomic E-state index is 10.9. The van der Waals surface area contributed by atoms with Crippen LogP contribution in [0.1, 0.15) is 12.5 Å². The van der Waals surface area contributed by atoms with Crippen LogP contribution >= 0.6 is 15.9 Å². The van der Waals surface area contributed by atoms with Gasteiger partial charge in [-0.25, -0.2) is 4.98 Å². The van der Waals surface area contributed by atoms with Gasteiger partial charge < -0.3 is 9.84 Å². The predicted molar refractivity (Wildman–Crippen MR) is 88.2 cm³/mol. The van der Waals surface area contributed by atoms with E-state index in [1.807, 2.05) is 30.3 Å². The molecule has 2 aromatic heterocycles. The first kappa shape index (κ1) is 15.4. The highest BCUT2D eigenvalue weighted by Crippen LogP contribution is 2.25. The quantitative estimate of drug-likeness (QED) is 0.760. The fourth-order valence-corrected chi connectivity index (χ4v) is 2.32. The SMILES string of the molecule is CC(=O)NCc1ccc(-c2cc(-c3cncc(Br)n3)on2)cc1. The van der Waals surface area contributed by atoms with Gasteiger partial charge in [0, 0.05) is 25.1 Å². The second-order valence-electron chi connectivity index (χ2n) is 4.91. The summed E-state index contributed by atoms with van der Waals surface area (Å²) in [7, 11) is 0. The van der Waals surface area contributed by atoms with Crippen LogP contribution in [0, 0.1) is 0 Å². The second-order valence-corrected chi connectivity index (χ2v) is 5.72. The lowest BCUT2D eigenvalue weighted by Crippen LogP contribution is -2.18. The molecule has 3 rings (SSSR count). The fourth-order valence-electron chi connectivity index (χ4n) is 2.01. The molecular formula is C16H13BrN4O2. The number of halogens is 1. The Balaban J connectivity index is 1.79. The molecule has 0 aliphatic heterocycles. The zero-order valence-corrected chi connectivity index (χ0v) is 13.9. The maximum absolute atomic E-state index is 10.9. The average Bonchev–Trinajstić information content (AvgIpc) is 3.03. The van der Waals surface area contributed by atoms with Crippen LogP contribution in [0.2, 0.25) is 0 Å². The maximum Gasteiger partial charge on any atom is 0.217 e. The highest BCUT2D eigenvalue weighted by molar-refractivity contribution is 9.10. The summed E-state index contributed by atoms with van der Waals surface area (Å²) in [6.07, 6.45) is 3.22. The van der Waals surface area contributed by atoms with Crippen molar-refractivity contribution in [1.82, 2.24) is 20.4 Å². The Morgan fingerprint density at radius 2 is 2.00 bits per heavy atom. The molecular weight excluding hydrogens is 360 g/mol. The van der Waals surface area contributed by atoms with Gasteiger partial charge in [-0.05, 0) is 21.5 Å². The number of amides is 1. The molecule has 6 nitrogen and oxygen atoms in total. The monoisotopic (exact) mass is 372 g/mol. The smallest absolute Gasteiger partial charge is 0.217 e. The Morgan fingerprint density at radius 3 is 2.70 bits per heavy atom. The molecule has 1 aromatic carbocycles. The van der Waals surface area contributed by atoms with Crippen LogP contribution in [-0.2, 0) is 11.3 Å². The number of nitrogens with one attached hydrogen (secondary N) is 1.